The number of piperazine rings is 1. The Bertz CT molecular complexity index is 1280. The van der Waals surface area contributed by atoms with Gasteiger partial charge < -0.3 is 30.5 Å². The van der Waals surface area contributed by atoms with Gasteiger partial charge in [0, 0.05) is 56.8 Å². The van der Waals surface area contributed by atoms with Crippen molar-refractivity contribution in [3.8, 4) is 6.07 Å². The Morgan fingerprint density at radius 1 is 1.11 bits per heavy atom. The van der Waals surface area contributed by atoms with Crippen LogP contribution in [0.5, 0.6) is 0 Å². The Balaban J connectivity index is 1.15. The van der Waals surface area contributed by atoms with Gasteiger partial charge in [-0.3, -0.25) is 0 Å². The minimum absolute atomic E-state index is 0.0612. The van der Waals surface area contributed by atoms with Crippen LogP contribution in [0.2, 0.25) is 0 Å². The Morgan fingerprint density at radius 3 is 2.59 bits per heavy atom. The second-order valence-corrected chi connectivity index (χ2v) is 8.76. The normalized spacial score (nSPS) is 17.7. The number of amides is 2. The molecule has 0 spiro atoms. The molecule has 1 unspecified atom stereocenters. The van der Waals surface area contributed by atoms with E-state index < -0.39 is 5.82 Å². The van der Waals surface area contributed by atoms with Crippen LogP contribution in [0.1, 0.15) is 17.2 Å². The van der Waals surface area contributed by atoms with E-state index in [0.29, 0.717) is 44.4 Å². The maximum atomic E-state index is 13.8. The number of anilines is 4. The van der Waals surface area contributed by atoms with Gasteiger partial charge in [0.05, 0.1) is 18.3 Å². The zero-order valence-corrected chi connectivity index (χ0v) is 20.2. The summed E-state index contributed by atoms with van der Waals surface area (Å²) in [7, 11) is 0. The number of carbonyl (C=O) groups is 1. The first-order chi connectivity index (χ1) is 18.1. The van der Waals surface area contributed by atoms with Crippen molar-refractivity contribution in [1.29, 1.82) is 5.26 Å². The molecule has 2 aliphatic rings. The number of halogens is 1. The van der Waals surface area contributed by atoms with Gasteiger partial charge in [-0.25, -0.2) is 14.2 Å². The molecule has 1 atom stereocenters. The molecular weight excluding hydrogens is 475 g/mol. The number of urea groups is 1. The van der Waals surface area contributed by atoms with Crippen LogP contribution in [0, 0.1) is 17.1 Å². The number of hydrogen-bond donors (Lipinski definition) is 3. The van der Waals surface area contributed by atoms with Crippen LogP contribution in [0.15, 0.2) is 54.7 Å². The predicted octanol–water partition coefficient (Wildman–Crippen LogP) is 3.25. The zero-order chi connectivity index (χ0) is 25.6. The second kappa shape index (κ2) is 11.2. The van der Waals surface area contributed by atoms with E-state index in [-0.39, 0.29) is 17.7 Å². The standard InChI is InChI=1S/C26H27FN8O2/c27-22-15-21(6-3-19(22)16-28)32-26(36)35-12-10-34(11-13-35)24-7-8-30-25(33-24)31-20-4-1-18(2-5-20)23-17-29-9-14-37-23/h1-8,15,23,29H,9-14,17H2,(H,32,36)(H,30,31,33). The number of nitrogens with one attached hydrogen (secondary N) is 3. The summed E-state index contributed by atoms with van der Waals surface area (Å²) in [5.74, 6) is 0.596. The average molecular weight is 503 g/mol. The van der Waals surface area contributed by atoms with Gasteiger partial charge in [-0.15, -0.1) is 0 Å². The summed E-state index contributed by atoms with van der Waals surface area (Å²) < 4.78 is 19.6. The van der Waals surface area contributed by atoms with Crippen LogP contribution < -0.4 is 20.9 Å². The smallest absolute Gasteiger partial charge is 0.321 e. The number of carbonyl (C=O) groups excluding carboxylic acids is 1. The first-order valence-corrected chi connectivity index (χ1v) is 12.1. The molecule has 3 heterocycles. The summed E-state index contributed by atoms with van der Waals surface area (Å²) in [5, 5.41) is 18.1. The van der Waals surface area contributed by atoms with E-state index in [1.807, 2.05) is 30.3 Å². The molecule has 0 radical (unpaired) electrons. The minimum Gasteiger partial charge on any atom is -0.371 e. The molecule has 10 nitrogen and oxygen atoms in total. The summed E-state index contributed by atoms with van der Waals surface area (Å²) in [6.45, 7) is 4.55. The van der Waals surface area contributed by atoms with Gasteiger partial charge in [0.2, 0.25) is 5.95 Å². The molecule has 2 aromatic carbocycles. The Hall–Kier alpha value is -4.27. The first kappa shape index (κ1) is 24.4. The highest BCUT2D eigenvalue weighted by molar-refractivity contribution is 5.89. The molecule has 0 saturated carbocycles. The van der Waals surface area contributed by atoms with Crippen LogP contribution in [0.25, 0.3) is 0 Å². The maximum Gasteiger partial charge on any atom is 0.321 e. The van der Waals surface area contributed by atoms with Crippen molar-refractivity contribution in [2.24, 2.45) is 0 Å². The lowest BCUT2D eigenvalue weighted by Gasteiger charge is -2.35. The quantitative estimate of drug-likeness (QED) is 0.487. The van der Waals surface area contributed by atoms with Gasteiger partial charge >= 0.3 is 6.03 Å². The molecule has 3 aromatic rings. The molecule has 2 amide bonds. The fraction of sp³-hybridized carbons (Fsp3) is 0.308. The highest BCUT2D eigenvalue weighted by Gasteiger charge is 2.23. The monoisotopic (exact) mass is 502 g/mol. The summed E-state index contributed by atoms with van der Waals surface area (Å²) >= 11 is 0. The van der Waals surface area contributed by atoms with E-state index in [4.69, 9.17) is 10.00 Å². The minimum atomic E-state index is -0.662. The van der Waals surface area contributed by atoms with Gasteiger partial charge in [0.25, 0.3) is 0 Å². The number of rotatable bonds is 5. The molecule has 2 aliphatic heterocycles. The number of nitrogens with zero attached hydrogens (tertiary/aromatic N) is 5. The molecule has 0 aliphatic carbocycles. The molecule has 37 heavy (non-hydrogen) atoms. The topological polar surface area (TPSA) is 118 Å². The summed E-state index contributed by atoms with van der Waals surface area (Å²) in [6, 6.07) is 15.4. The Kier molecular flexibility index (Phi) is 7.39. The highest BCUT2D eigenvalue weighted by atomic mass is 19.1. The van der Waals surface area contributed by atoms with Crippen LogP contribution >= 0.6 is 0 Å². The van der Waals surface area contributed by atoms with E-state index in [2.05, 4.69) is 30.8 Å². The van der Waals surface area contributed by atoms with Crippen LogP contribution in [0.3, 0.4) is 0 Å². The van der Waals surface area contributed by atoms with Gasteiger partial charge in [-0.05, 0) is 42.0 Å². The van der Waals surface area contributed by atoms with Crippen molar-refractivity contribution in [3.05, 3.63) is 71.7 Å². The van der Waals surface area contributed by atoms with Crippen molar-refractivity contribution < 1.29 is 13.9 Å². The van der Waals surface area contributed by atoms with E-state index in [1.165, 1.54) is 12.1 Å². The SMILES string of the molecule is N#Cc1ccc(NC(=O)N2CCN(c3ccnc(Nc4ccc(C5CNCCO5)cc4)n3)CC2)cc1F. The summed E-state index contributed by atoms with van der Waals surface area (Å²) in [4.78, 5) is 25.4. The highest BCUT2D eigenvalue weighted by Crippen LogP contribution is 2.23. The zero-order valence-electron chi connectivity index (χ0n) is 20.2. The number of hydrogen-bond acceptors (Lipinski definition) is 8. The van der Waals surface area contributed by atoms with Crippen molar-refractivity contribution in [2.45, 2.75) is 6.10 Å². The molecule has 5 rings (SSSR count). The maximum absolute atomic E-state index is 13.8. The van der Waals surface area contributed by atoms with Gasteiger partial charge in [-0.1, -0.05) is 12.1 Å². The van der Waals surface area contributed by atoms with Crippen LogP contribution in [-0.4, -0.2) is 66.8 Å². The number of ether oxygens (including phenoxy) is 1. The van der Waals surface area contributed by atoms with Gasteiger partial charge in [0.1, 0.15) is 17.7 Å². The number of nitriles is 1. The summed E-state index contributed by atoms with van der Waals surface area (Å²) in [5.41, 5.74) is 2.25. The van der Waals surface area contributed by atoms with E-state index in [9.17, 15) is 9.18 Å². The fourth-order valence-corrected chi connectivity index (χ4v) is 4.30. The lowest BCUT2D eigenvalue weighted by molar-refractivity contribution is 0.0277. The third-order valence-corrected chi connectivity index (χ3v) is 6.34. The van der Waals surface area contributed by atoms with Crippen molar-refractivity contribution >= 4 is 29.2 Å². The second-order valence-electron chi connectivity index (χ2n) is 8.76. The average Bonchev–Trinajstić information content (AvgIpc) is 2.94. The predicted molar refractivity (Wildman–Crippen MR) is 137 cm³/mol. The molecule has 2 fully saturated rings. The first-order valence-electron chi connectivity index (χ1n) is 12.1. The number of benzene rings is 2. The third kappa shape index (κ3) is 5.94. The molecular formula is C26H27FN8O2. The van der Waals surface area contributed by atoms with Crippen molar-refractivity contribution in [2.75, 3.05) is 61.4 Å². The molecule has 11 heteroatoms. The molecule has 0 bridgehead atoms. The number of morpholine rings is 1. The molecule has 190 valence electrons. The summed E-state index contributed by atoms with van der Waals surface area (Å²) in [6.07, 6.45) is 1.77. The van der Waals surface area contributed by atoms with Gasteiger partial charge in [-0.2, -0.15) is 10.2 Å². The Morgan fingerprint density at radius 2 is 1.89 bits per heavy atom. The third-order valence-electron chi connectivity index (χ3n) is 6.34. The van der Waals surface area contributed by atoms with Gasteiger partial charge in [0.15, 0.2) is 0 Å². The molecule has 2 saturated heterocycles. The lowest BCUT2D eigenvalue weighted by atomic mass is 10.1. The van der Waals surface area contributed by atoms with E-state index in [0.717, 1.165) is 36.2 Å². The van der Waals surface area contributed by atoms with E-state index in [1.54, 1.807) is 17.2 Å². The fourth-order valence-electron chi connectivity index (χ4n) is 4.30. The Labute approximate surface area is 214 Å². The largest absolute Gasteiger partial charge is 0.371 e. The lowest BCUT2D eigenvalue weighted by Crippen LogP contribution is -2.50. The van der Waals surface area contributed by atoms with Crippen molar-refractivity contribution in [3.63, 3.8) is 0 Å². The van der Waals surface area contributed by atoms with Crippen molar-refractivity contribution in [1.82, 2.24) is 20.2 Å². The molecule has 1 aromatic heterocycles. The number of aromatic nitrogens is 2. The van der Waals surface area contributed by atoms with Crippen LogP contribution in [-0.2, 0) is 4.74 Å². The molecule has 3 N–H and O–H groups in total. The van der Waals surface area contributed by atoms with Crippen LogP contribution in [0.4, 0.5) is 32.3 Å². The van der Waals surface area contributed by atoms with E-state index >= 15 is 0 Å².